The minimum Gasteiger partial charge on any atom is -0.508 e. The Bertz CT molecular complexity index is 1140. The van der Waals surface area contributed by atoms with Crippen LogP contribution in [0.3, 0.4) is 0 Å². The standard InChI is InChI=1S/C25H23NO2/c1-25(2)13-19-23(21(28)14-25)22-18-6-4-3-5-15(18)9-12-20(22)26-24(19)16-7-10-17(27)11-8-16/h3-12,24,26-27H,13-14H2,1-2H3/t24-/m1/s1. The first-order valence-corrected chi connectivity index (χ1v) is 9.77. The van der Waals surface area contributed by atoms with E-state index in [1.165, 1.54) is 0 Å². The number of carbonyl (C=O) groups excluding carboxylic acids is 1. The fourth-order valence-corrected chi connectivity index (χ4v) is 4.77. The van der Waals surface area contributed by atoms with E-state index in [4.69, 9.17) is 0 Å². The van der Waals surface area contributed by atoms with Crippen molar-refractivity contribution in [3.63, 3.8) is 0 Å². The molecule has 0 saturated carbocycles. The van der Waals surface area contributed by atoms with E-state index in [1.54, 1.807) is 12.1 Å². The predicted molar refractivity (Wildman–Crippen MR) is 113 cm³/mol. The van der Waals surface area contributed by atoms with Gasteiger partial charge in [-0.25, -0.2) is 0 Å². The van der Waals surface area contributed by atoms with Crippen LogP contribution in [0.2, 0.25) is 0 Å². The van der Waals surface area contributed by atoms with Gasteiger partial charge in [0.2, 0.25) is 0 Å². The van der Waals surface area contributed by atoms with E-state index in [-0.39, 0.29) is 23.0 Å². The zero-order valence-electron chi connectivity index (χ0n) is 16.1. The molecule has 1 atom stereocenters. The summed E-state index contributed by atoms with van der Waals surface area (Å²) < 4.78 is 0. The van der Waals surface area contributed by atoms with E-state index < -0.39 is 0 Å². The number of Topliss-reactive ketones (excluding diaryl/α,β-unsaturated/α-hetero) is 1. The van der Waals surface area contributed by atoms with Crippen LogP contribution in [0.1, 0.15) is 43.9 Å². The van der Waals surface area contributed by atoms with Crippen molar-refractivity contribution in [2.75, 3.05) is 5.32 Å². The lowest BCUT2D eigenvalue weighted by molar-refractivity contribution is -0.116. The highest BCUT2D eigenvalue weighted by molar-refractivity contribution is 6.28. The van der Waals surface area contributed by atoms with Gasteiger partial charge in [0.25, 0.3) is 0 Å². The third-order valence-corrected chi connectivity index (χ3v) is 5.96. The zero-order chi connectivity index (χ0) is 19.5. The lowest BCUT2D eigenvalue weighted by Gasteiger charge is -2.40. The summed E-state index contributed by atoms with van der Waals surface area (Å²) in [5, 5.41) is 15.7. The second-order valence-electron chi connectivity index (χ2n) is 8.72. The number of hydrogen-bond donors (Lipinski definition) is 2. The summed E-state index contributed by atoms with van der Waals surface area (Å²) in [6, 6.07) is 19.7. The van der Waals surface area contributed by atoms with Crippen LogP contribution in [0.5, 0.6) is 5.75 Å². The quantitative estimate of drug-likeness (QED) is 0.565. The maximum atomic E-state index is 13.4. The molecular weight excluding hydrogens is 346 g/mol. The molecule has 0 amide bonds. The largest absolute Gasteiger partial charge is 0.508 e. The first kappa shape index (κ1) is 17.1. The molecule has 0 spiro atoms. The summed E-state index contributed by atoms with van der Waals surface area (Å²) in [4.78, 5) is 13.4. The van der Waals surface area contributed by atoms with Crippen LogP contribution in [0.15, 0.2) is 66.2 Å². The summed E-state index contributed by atoms with van der Waals surface area (Å²) in [5.74, 6) is 0.481. The van der Waals surface area contributed by atoms with Gasteiger partial charge in [0.05, 0.1) is 6.04 Å². The van der Waals surface area contributed by atoms with Gasteiger partial charge in [0, 0.05) is 23.2 Å². The fraction of sp³-hybridized carbons (Fsp3) is 0.240. The van der Waals surface area contributed by atoms with Gasteiger partial charge in [0.15, 0.2) is 5.78 Å². The normalized spacial score (nSPS) is 20.5. The van der Waals surface area contributed by atoms with Crippen molar-refractivity contribution in [3.05, 3.63) is 77.4 Å². The first-order valence-electron chi connectivity index (χ1n) is 9.77. The summed E-state index contributed by atoms with van der Waals surface area (Å²) in [6.45, 7) is 4.34. The Morgan fingerprint density at radius 2 is 1.71 bits per heavy atom. The summed E-state index contributed by atoms with van der Waals surface area (Å²) in [5.41, 5.74) is 5.11. The predicted octanol–water partition coefficient (Wildman–Crippen LogP) is 5.85. The second kappa shape index (κ2) is 5.96. The average Bonchev–Trinajstić information content (AvgIpc) is 2.66. The molecule has 3 aromatic carbocycles. The number of ketones is 1. The van der Waals surface area contributed by atoms with Gasteiger partial charge in [-0.2, -0.15) is 0 Å². The van der Waals surface area contributed by atoms with Crippen LogP contribution in [-0.2, 0) is 4.79 Å². The molecule has 3 aromatic rings. The van der Waals surface area contributed by atoms with E-state index in [1.807, 2.05) is 24.3 Å². The number of rotatable bonds is 1. The molecule has 2 aliphatic rings. The zero-order valence-corrected chi connectivity index (χ0v) is 16.1. The van der Waals surface area contributed by atoms with Crippen molar-refractivity contribution in [2.24, 2.45) is 5.41 Å². The maximum Gasteiger partial charge on any atom is 0.164 e. The maximum absolute atomic E-state index is 13.4. The monoisotopic (exact) mass is 369 g/mol. The van der Waals surface area contributed by atoms with Crippen LogP contribution in [0.4, 0.5) is 5.69 Å². The summed E-state index contributed by atoms with van der Waals surface area (Å²) >= 11 is 0. The van der Waals surface area contributed by atoms with E-state index in [0.29, 0.717) is 6.42 Å². The van der Waals surface area contributed by atoms with E-state index in [0.717, 1.165) is 45.2 Å². The Kier molecular flexibility index (Phi) is 3.63. The number of anilines is 1. The van der Waals surface area contributed by atoms with Crippen LogP contribution in [0, 0.1) is 5.41 Å². The topological polar surface area (TPSA) is 49.3 Å². The highest BCUT2D eigenvalue weighted by Gasteiger charge is 2.40. The number of hydrogen-bond acceptors (Lipinski definition) is 3. The van der Waals surface area contributed by atoms with E-state index >= 15 is 0 Å². The van der Waals surface area contributed by atoms with Gasteiger partial charge in [-0.05, 0) is 51.9 Å². The van der Waals surface area contributed by atoms with Crippen molar-refractivity contribution in [1.82, 2.24) is 0 Å². The highest BCUT2D eigenvalue weighted by Crippen LogP contribution is 2.51. The smallest absolute Gasteiger partial charge is 0.164 e. The van der Waals surface area contributed by atoms with Crippen molar-refractivity contribution in [3.8, 4) is 5.75 Å². The molecule has 0 unspecified atom stereocenters. The fourth-order valence-electron chi connectivity index (χ4n) is 4.77. The van der Waals surface area contributed by atoms with Crippen LogP contribution in [-0.4, -0.2) is 10.9 Å². The van der Waals surface area contributed by atoms with Crippen LogP contribution < -0.4 is 5.32 Å². The van der Waals surface area contributed by atoms with Gasteiger partial charge in [0.1, 0.15) is 5.75 Å². The Balaban J connectivity index is 1.79. The Hall–Kier alpha value is -3.07. The molecule has 0 aromatic heterocycles. The van der Waals surface area contributed by atoms with Gasteiger partial charge in [-0.15, -0.1) is 0 Å². The molecule has 5 rings (SSSR count). The molecule has 0 bridgehead atoms. The van der Waals surface area contributed by atoms with Crippen molar-refractivity contribution in [1.29, 1.82) is 0 Å². The number of aromatic hydroxyl groups is 1. The second-order valence-corrected chi connectivity index (χ2v) is 8.72. The van der Waals surface area contributed by atoms with E-state index in [9.17, 15) is 9.90 Å². The molecule has 0 radical (unpaired) electrons. The van der Waals surface area contributed by atoms with Crippen LogP contribution >= 0.6 is 0 Å². The van der Waals surface area contributed by atoms with E-state index in [2.05, 4.69) is 43.4 Å². The molecule has 2 N–H and O–H groups in total. The minimum atomic E-state index is -0.0622. The van der Waals surface area contributed by atoms with Crippen molar-refractivity contribution in [2.45, 2.75) is 32.7 Å². The summed E-state index contributed by atoms with van der Waals surface area (Å²) in [6.07, 6.45) is 1.44. The molecule has 140 valence electrons. The molecule has 1 aliphatic heterocycles. The van der Waals surface area contributed by atoms with Crippen molar-refractivity contribution >= 4 is 27.8 Å². The molecule has 0 saturated heterocycles. The molecule has 1 aliphatic carbocycles. The molecule has 28 heavy (non-hydrogen) atoms. The number of fused-ring (bicyclic) bond motifs is 4. The Labute approximate surface area is 164 Å². The van der Waals surface area contributed by atoms with Gasteiger partial charge in [-0.1, -0.05) is 56.3 Å². The van der Waals surface area contributed by atoms with Crippen LogP contribution in [0.25, 0.3) is 16.3 Å². The third kappa shape index (κ3) is 2.62. The lowest BCUT2D eigenvalue weighted by atomic mass is 9.68. The highest BCUT2D eigenvalue weighted by atomic mass is 16.3. The molecule has 0 fully saturated rings. The Morgan fingerprint density at radius 1 is 0.964 bits per heavy atom. The lowest BCUT2D eigenvalue weighted by Crippen LogP contribution is -2.32. The van der Waals surface area contributed by atoms with Gasteiger partial charge in [-0.3, -0.25) is 4.79 Å². The number of carbonyl (C=O) groups is 1. The van der Waals surface area contributed by atoms with Crippen molar-refractivity contribution < 1.29 is 9.90 Å². The molecule has 3 nitrogen and oxygen atoms in total. The molecule has 3 heteroatoms. The number of phenols is 1. The number of benzene rings is 3. The summed E-state index contributed by atoms with van der Waals surface area (Å²) in [7, 11) is 0. The SMILES string of the molecule is CC1(C)CC(=O)C2=C(C1)[C@@H](c1ccc(O)cc1)Nc1ccc3ccccc3c12. The Morgan fingerprint density at radius 3 is 2.50 bits per heavy atom. The first-order chi connectivity index (χ1) is 13.4. The number of nitrogens with one attached hydrogen (secondary N) is 1. The minimum absolute atomic E-state index is 0.0607. The van der Waals surface area contributed by atoms with Gasteiger partial charge < -0.3 is 10.4 Å². The number of allylic oxidation sites excluding steroid dienone is 1. The van der Waals surface area contributed by atoms with Gasteiger partial charge >= 0.3 is 0 Å². The number of phenolic OH excluding ortho intramolecular Hbond substituents is 1. The molecule has 1 heterocycles. The average molecular weight is 369 g/mol. The third-order valence-electron chi connectivity index (χ3n) is 5.96. The molecular formula is C25H23NO2.